The highest BCUT2D eigenvalue weighted by Gasteiger charge is 2.00. The van der Waals surface area contributed by atoms with E-state index in [0.29, 0.717) is 31.6 Å². The Morgan fingerprint density at radius 3 is 2.59 bits per heavy atom. The van der Waals surface area contributed by atoms with E-state index in [1.807, 2.05) is 6.92 Å². The van der Waals surface area contributed by atoms with E-state index in [1.165, 1.54) is 0 Å². The van der Waals surface area contributed by atoms with E-state index >= 15 is 0 Å². The van der Waals surface area contributed by atoms with Crippen LogP contribution in [-0.2, 0) is 9.47 Å². The number of nitrogens with one attached hydrogen (secondary N) is 1. The summed E-state index contributed by atoms with van der Waals surface area (Å²) in [5.74, 6) is 1.13. The molecule has 17 heavy (non-hydrogen) atoms. The third-order valence-electron chi connectivity index (χ3n) is 2.17. The number of ether oxygens (including phenoxy) is 2. The molecule has 0 heterocycles. The minimum Gasteiger partial charge on any atom is -0.383 e. The maximum atomic E-state index is 5.70. The first-order chi connectivity index (χ1) is 8.06. The van der Waals surface area contributed by atoms with Crippen molar-refractivity contribution < 1.29 is 9.47 Å². The van der Waals surface area contributed by atoms with Gasteiger partial charge < -0.3 is 20.5 Å². The van der Waals surface area contributed by atoms with Gasteiger partial charge in [-0.05, 0) is 19.3 Å². The van der Waals surface area contributed by atoms with Crippen molar-refractivity contribution in [3.63, 3.8) is 0 Å². The largest absolute Gasteiger partial charge is 0.383 e. The Labute approximate surface area is 105 Å². The van der Waals surface area contributed by atoms with Gasteiger partial charge in [0.25, 0.3) is 0 Å². The molecule has 3 N–H and O–H groups in total. The van der Waals surface area contributed by atoms with Gasteiger partial charge in [-0.25, -0.2) is 0 Å². The molecule has 0 aromatic carbocycles. The van der Waals surface area contributed by atoms with Crippen LogP contribution in [0.1, 0.15) is 27.2 Å². The Balaban J connectivity index is 3.49. The average molecular weight is 245 g/mol. The predicted octanol–water partition coefficient (Wildman–Crippen LogP) is 0.988. The molecule has 0 saturated carbocycles. The molecule has 0 amide bonds. The number of aliphatic imine (C=N–C) groups is 1. The van der Waals surface area contributed by atoms with E-state index in [-0.39, 0.29) is 6.04 Å². The lowest BCUT2D eigenvalue weighted by Crippen LogP contribution is -2.40. The monoisotopic (exact) mass is 245 g/mol. The van der Waals surface area contributed by atoms with Crippen LogP contribution in [0.25, 0.3) is 0 Å². The molecular formula is C12H27N3O2. The van der Waals surface area contributed by atoms with Gasteiger partial charge in [-0.2, -0.15) is 0 Å². The quantitative estimate of drug-likeness (QED) is 0.361. The molecule has 0 bridgehead atoms. The van der Waals surface area contributed by atoms with Gasteiger partial charge in [0.05, 0.1) is 19.8 Å². The van der Waals surface area contributed by atoms with E-state index in [2.05, 4.69) is 24.2 Å². The van der Waals surface area contributed by atoms with Gasteiger partial charge in [-0.1, -0.05) is 13.8 Å². The van der Waals surface area contributed by atoms with E-state index in [0.717, 1.165) is 13.0 Å². The number of hydrogen-bond acceptors (Lipinski definition) is 3. The topological polar surface area (TPSA) is 68.9 Å². The molecule has 0 rings (SSSR count). The van der Waals surface area contributed by atoms with Gasteiger partial charge in [0.1, 0.15) is 0 Å². The van der Waals surface area contributed by atoms with Crippen molar-refractivity contribution in [2.75, 3.05) is 33.5 Å². The zero-order chi connectivity index (χ0) is 13.1. The Morgan fingerprint density at radius 1 is 1.29 bits per heavy atom. The molecule has 5 heteroatoms. The Bertz CT molecular complexity index is 208. The molecule has 0 aliphatic carbocycles. The Morgan fingerprint density at radius 2 is 2.00 bits per heavy atom. The van der Waals surface area contributed by atoms with Crippen LogP contribution < -0.4 is 11.1 Å². The van der Waals surface area contributed by atoms with Gasteiger partial charge in [0, 0.05) is 19.8 Å². The molecule has 1 unspecified atom stereocenters. The van der Waals surface area contributed by atoms with Gasteiger partial charge in [0.15, 0.2) is 5.96 Å². The van der Waals surface area contributed by atoms with Crippen molar-refractivity contribution in [2.24, 2.45) is 16.6 Å². The minimum atomic E-state index is 0.172. The van der Waals surface area contributed by atoms with Crippen LogP contribution >= 0.6 is 0 Å². The third-order valence-corrected chi connectivity index (χ3v) is 2.17. The number of nitrogens with two attached hydrogens (primary N) is 1. The number of guanidine groups is 1. The first-order valence-corrected chi connectivity index (χ1v) is 6.19. The van der Waals surface area contributed by atoms with Crippen molar-refractivity contribution in [1.29, 1.82) is 0 Å². The van der Waals surface area contributed by atoms with Gasteiger partial charge in [0.2, 0.25) is 0 Å². The lowest BCUT2D eigenvalue weighted by atomic mass is 10.1. The second kappa shape index (κ2) is 10.4. The lowest BCUT2D eigenvalue weighted by molar-refractivity contribution is 0.130. The molecule has 0 fully saturated rings. The van der Waals surface area contributed by atoms with E-state index < -0.39 is 0 Å². The van der Waals surface area contributed by atoms with Crippen LogP contribution in [0.3, 0.4) is 0 Å². The normalized spacial score (nSPS) is 14.1. The average Bonchev–Trinajstić information content (AvgIpc) is 2.23. The summed E-state index contributed by atoms with van der Waals surface area (Å²) < 4.78 is 10.4. The number of rotatable bonds is 9. The fourth-order valence-electron chi connectivity index (χ4n) is 1.24. The van der Waals surface area contributed by atoms with Crippen LogP contribution in [0.2, 0.25) is 0 Å². The van der Waals surface area contributed by atoms with Crippen molar-refractivity contribution in [1.82, 2.24) is 5.32 Å². The minimum absolute atomic E-state index is 0.172. The maximum absolute atomic E-state index is 5.70. The van der Waals surface area contributed by atoms with Gasteiger partial charge in [-0.3, -0.25) is 4.99 Å². The third kappa shape index (κ3) is 11.5. The summed E-state index contributed by atoms with van der Waals surface area (Å²) in [4.78, 5) is 4.17. The van der Waals surface area contributed by atoms with Crippen molar-refractivity contribution in [2.45, 2.75) is 33.2 Å². The van der Waals surface area contributed by atoms with E-state index in [9.17, 15) is 0 Å². The summed E-state index contributed by atoms with van der Waals surface area (Å²) in [6.45, 7) is 8.97. The number of methoxy groups -OCH3 is 1. The first kappa shape index (κ1) is 16.2. The highest BCUT2D eigenvalue weighted by atomic mass is 16.5. The molecule has 0 aliphatic rings. The highest BCUT2D eigenvalue weighted by Crippen LogP contribution is 1.98. The molecule has 5 nitrogen and oxygen atoms in total. The first-order valence-electron chi connectivity index (χ1n) is 6.19. The molecule has 0 aromatic heterocycles. The van der Waals surface area contributed by atoms with Crippen LogP contribution in [0.15, 0.2) is 4.99 Å². The molecule has 0 saturated heterocycles. The summed E-state index contributed by atoms with van der Waals surface area (Å²) in [5.41, 5.74) is 5.70. The summed E-state index contributed by atoms with van der Waals surface area (Å²) in [7, 11) is 1.66. The summed E-state index contributed by atoms with van der Waals surface area (Å²) in [6.07, 6.45) is 1.09. The molecular weight excluding hydrogens is 218 g/mol. The smallest absolute Gasteiger partial charge is 0.188 e. The predicted molar refractivity (Wildman–Crippen MR) is 71.2 cm³/mol. The van der Waals surface area contributed by atoms with Crippen LogP contribution in [0, 0.1) is 5.92 Å². The van der Waals surface area contributed by atoms with Gasteiger partial charge in [-0.15, -0.1) is 0 Å². The zero-order valence-electron chi connectivity index (χ0n) is 11.5. The Kier molecular flexibility index (Phi) is 9.86. The zero-order valence-corrected chi connectivity index (χ0v) is 11.5. The fraction of sp³-hybridized carbons (Fsp3) is 0.917. The molecule has 1 atom stereocenters. The number of nitrogens with zero attached hydrogens (tertiary/aromatic N) is 1. The molecule has 102 valence electrons. The lowest BCUT2D eigenvalue weighted by Gasteiger charge is -2.13. The Hall–Kier alpha value is -0.810. The number of hydrogen-bond donors (Lipinski definition) is 2. The summed E-state index contributed by atoms with van der Waals surface area (Å²) >= 11 is 0. The van der Waals surface area contributed by atoms with E-state index in [1.54, 1.807) is 7.11 Å². The van der Waals surface area contributed by atoms with Gasteiger partial charge >= 0.3 is 0 Å². The second-order valence-corrected chi connectivity index (χ2v) is 4.56. The standard InChI is InChI=1S/C12H27N3O2/c1-10(2)5-7-17-8-6-14-12(13)15-11(3)9-16-4/h10-11H,5-9H2,1-4H3,(H3,13,14,15). The molecule has 0 radical (unpaired) electrons. The van der Waals surface area contributed by atoms with Crippen molar-refractivity contribution >= 4 is 5.96 Å². The van der Waals surface area contributed by atoms with Crippen molar-refractivity contribution in [3.05, 3.63) is 0 Å². The second-order valence-electron chi connectivity index (χ2n) is 4.56. The SMILES string of the molecule is COCC(C)NC(N)=NCCOCCC(C)C. The molecule has 0 spiro atoms. The van der Waals surface area contributed by atoms with E-state index in [4.69, 9.17) is 15.2 Å². The molecule has 0 aromatic rings. The maximum Gasteiger partial charge on any atom is 0.188 e. The van der Waals surface area contributed by atoms with Crippen molar-refractivity contribution in [3.8, 4) is 0 Å². The van der Waals surface area contributed by atoms with Crippen LogP contribution in [-0.4, -0.2) is 45.5 Å². The molecule has 0 aliphatic heterocycles. The summed E-state index contributed by atoms with van der Waals surface area (Å²) in [6, 6.07) is 0.172. The fourth-order valence-corrected chi connectivity index (χ4v) is 1.24. The van der Waals surface area contributed by atoms with Crippen LogP contribution in [0.4, 0.5) is 0 Å². The summed E-state index contributed by atoms with van der Waals surface area (Å²) in [5, 5.41) is 3.04. The van der Waals surface area contributed by atoms with Crippen LogP contribution in [0.5, 0.6) is 0 Å². The highest BCUT2D eigenvalue weighted by molar-refractivity contribution is 5.78.